The predicted octanol–water partition coefficient (Wildman–Crippen LogP) is 3.85. The van der Waals surface area contributed by atoms with Crippen LogP contribution in [0.1, 0.15) is 40.7 Å². The molecule has 4 nitrogen and oxygen atoms in total. The second-order valence-corrected chi connectivity index (χ2v) is 7.64. The highest BCUT2D eigenvalue weighted by atomic mass is 16.5. The van der Waals surface area contributed by atoms with E-state index in [1.54, 1.807) is 6.20 Å². The van der Waals surface area contributed by atoms with Crippen LogP contribution in [0.3, 0.4) is 0 Å². The maximum absolute atomic E-state index is 12.9. The predicted molar refractivity (Wildman–Crippen MR) is 101 cm³/mol. The SMILES string of the molecule is Cc1ccc(C(=O)N2C[C@H]3CCCC(OCc4cccnc4)[C@H]3C2)cc1. The van der Waals surface area contributed by atoms with Crippen LogP contribution < -0.4 is 0 Å². The van der Waals surface area contributed by atoms with E-state index >= 15 is 0 Å². The summed E-state index contributed by atoms with van der Waals surface area (Å²) < 4.78 is 6.25. The molecule has 2 heterocycles. The molecular weight excluding hydrogens is 324 g/mol. The zero-order valence-corrected chi connectivity index (χ0v) is 15.3. The summed E-state index contributed by atoms with van der Waals surface area (Å²) in [6.45, 7) is 4.33. The minimum Gasteiger partial charge on any atom is -0.373 e. The Bertz CT molecular complexity index is 744. The standard InChI is InChI=1S/C22H26N2O2/c1-16-7-9-18(10-8-16)22(25)24-13-19-5-2-6-21(20(19)14-24)26-15-17-4-3-11-23-12-17/h3-4,7-12,19-21H,2,5-6,13-15H2,1H3/t19-,20+,21?/m1/s1. The van der Waals surface area contributed by atoms with Gasteiger partial charge in [0.15, 0.2) is 0 Å². The van der Waals surface area contributed by atoms with Crippen LogP contribution in [0.15, 0.2) is 48.8 Å². The molecule has 2 aliphatic rings. The van der Waals surface area contributed by atoms with Crippen LogP contribution in [0.25, 0.3) is 0 Å². The Kier molecular flexibility index (Phi) is 5.02. The Balaban J connectivity index is 1.40. The van der Waals surface area contributed by atoms with Gasteiger partial charge in [0.1, 0.15) is 0 Å². The Morgan fingerprint density at radius 1 is 1.19 bits per heavy atom. The minimum absolute atomic E-state index is 0.158. The van der Waals surface area contributed by atoms with E-state index in [2.05, 4.69) is 11.1 Å². The van der Waals surface area contributed by atoms with E-state index in [1.807, 2.05) is 48.4 Å². The topological polar surface area (TPSA) is 42.4 Å². The van der Waals surface area contributed by atoms with E-state index in [0.29, 0.717) is 18.4 Å². The van der Waals surface area contributed by atoms with Crippen LogP contribution in [0.5, 0.6) is 0 Å². The number of benzene rings is 1. The summed E-state index contributed by atoms with van der Waals surface area (Å²) >= 11 is 0. The van der Waals surface area contributed by atoms with E-state index in [-0.39, 0.29) is 12.0 Å². The van der Waals surface area contributed by atoms with Gasteiger partial charge in [-0.3, -0.25) is 9.78 Å². The molecule has 1 saturated carbocycles. The summed E-state index contributed by atoms with van der Waals surface area (Å²) in [4.78, 5) is 19.1. The molecule has 0 radical (unpaired) electrons. The molecule has 1 amide bonds. The van der Waals surface area contributed by atoms with Gasteiger partial charge in [-0.25, -0.2) is 0 Å². The molecule has 4 heteroatoms. The summed E-state index contributed by atoms with van der Waals surface area (Å²) in [5.41, 5.74) is 3.09. The number of amides is 1. The van der Waals surface area contributed by atoms with E-state index < -0.39 is 0 Å². The molecule has 2 aromatic rings. The van der Waals surface area contributed by atoms with Gasteiger partial charge in [0.2, 0.25) is 0 Å². The van der Waals surface area contributed by atoms with E-state index in [9.17, 15) is 4.79 Å². The van der Waals surface area contributed by atoms with Crippen molar-refractivity contribution in [2.75, 3.05) is 13.1 Å². The van der Waals surface area contributed by atoms with Crippen LogP contribution in [-0.4, -0.2) is 35.0 Å². The zero-order chi connectivity index (χ0) is 17.9. The third-order valence-corrected chi connectivity index (χ3v) is 5.81. The fraction of sp³-hybridized carbons (Fsp3) is 0.455. The fourth-order valence-electron chi connectivity index (χ4n) is 4.36. The zero-order valence-electron chi connectivity index (χ0n) is 15.3. The van der Waals surface area contributed by atoms with Gasteiger partial charge in [-0.1, -0.05) is 30.2 Å². The van der Waals surface area contributed by atoms with E-state index in [0.717, 1.165) is 30.6 Å². The first-order chi connectivity index (χ1) is 12.7. The third kappa shape index (κ3) is 3.65. The summed E-state index contributed by atoms with van der Waals surface area (Å²) in [5, 5.41) is 0. The number of pyridine rings is 1. The van der Waals surface area contributed by atoms with Crippen LogP contribution >= 0.6 is 0 Å². The second kappa shape index (κ2) is 7.58. The molecule has 0 spiro atoms. The smallest absolute Gasteiger partial charge is 0.253 e. The molecule has 26 heavy (non-hydrogen) atoms. The number of nitrogens with zero attached hydrogens (tertiary/aromatic N) is 2. The number of ether oxygens (including phenoxy) is 1. The molecule has 1 aromatic heterocycles. The van der Waals surface area contributed by atoms with Gasteiger partial charge >= 0.3 is 0 Å². The first kappa shape index (κ1) is 17.2. The minimum atomic E-state index is 0.158. The van der Waals surface area contributed by atoms with Crippen LogP contribution in [0, 0.1) is 18.8 Å². The average molecular weight is 350 g/mol. The molecule has 1 aromatic carbocycles. The van der Waals surface area contributed by atoms with Gasteiger partial charge in [-0.2, -0.15) is 0 Å². The molecule has 1 aliphatic heterocycles. The van der Waals surface area contributed by atoms with Crippen LogP contribution in [-0.2, 0) is 11.3 Å². The van der Waals surface area contributed by atoms with Crippen LogP contribution in [0.2, 0.25) is 0 Å². The molecule has 0 bridgehead atoms. The van der Waals surface area contributed by atoms with Gasteiger partial charge in [0.05, 0.1) is 12.7 Å². The lowest BCUT2D eigenvalue weighted by Gasteiger charge is -2.32. The number of carbonyl (C=O) groups is 1. The maximum Gasteiger partial charge on any atom is 0.253 e. The van der Waals surface area contributed by atoms with Gasteiger partial charge in [-0.05, 0) is 49.4 Å². The van der Waals surface area contributed by atoms with Crippen molar-refractivity contribution < 1.29 is 9.53 Å². The summed E-state index contributed by atoms with van der Waals surface area (Å²) in [5.74, 6) is 1.18. The monoisotopic (exact) mass is 350 g/mol. The number of aryl methyl sites for hydroxylation is 1. The molecular formula is C22H26N2O2. The second-order valence-electron chi connectivity index (χ2n) is 7.64. The van der Waals surface area contributed by atoms with Gasteiger partial charge in [0.25, 0.3) is 5.91 Å². The lowest BCUT2D eigenvalue weighted by Crippen LogP contribution is -2.34. The number of carbonyl (C=O) groups excluding carboxylic acids is 1. The van der Waals surface area contributed by atoms with Crippen molar-refractivity contribution in [1.29, 1.82) is 0 Å². The highest BCUT2D eigenvalue weighted by Crippen LogP contribution is 2.38. The van der Waals surface area contributed by atoms with Crippen molar-refractivity contribution in [1.82, 2.24) is 9.88 Å². The summed E-state index contributed by atoms with van der Waals surface area (Å²) in [7, 11) is 0. The maximum atomic E-state index is 12.9. The van der Waals surface area contributed by atoms with Crippen molar-refractivity contribution in [2.24, 2.45) is 11.8 Å². The highest BCUT2D eigenvalue weighted by molar-refractivity contribution is 5.94. The Hall–Kier alpha value is -2.20. The van der Waals surface area contributed by atoms with E-state index in [1.165, 1.54) is 18.4 Å². The molecule has 136 valence electrons. The normalized spacial score (nSPS) is 25.1. The van der Waals surface area contributed by atoms with Gasteiger partial charge in [0, 0.05) is 37.0 Å². The van der Waals surface area contributed by atoms with Crippen molar-refractivity contribution in [3.8, 4) is 0 Å². The number of likely N-dealkylation sites (tertiary alicyclic amines) is 1. The van der Waals surface area contributed by atoms with Gasteiger partial charge < -0.3 is 9.64 Å². The first-order valence-corrected chi connectivity index (χ1v) is 9.57. The number of hydrogen-bond acceptors (Lipinski definition) is 3. The summed E-state index contributed by atoms with van der Waals surface area (Å²) in [6, 6.07) is 11.9. The summed E-state index contributed by atoms with van der Waals surface area (Å²) in [6.07, 6.45) is 7.37. The van der Waals surface area contributed by atoms with Crippen molar-refractivity contribution in [3.63, 3.8) is 0 Å². The third-order valence-electron chi connectivity index (χ3n) is 5.81. The van der Waals surface area contributed by atoms with E-state index in [4.69, 9.17) is 4.74 Å². The Morgan fingerprint density at radius 2 is 2.04 bits per heavy atom. The molecule has 3 atom stereocenters. The molecule has 2 fully saturated rings. The number of aromatic nitrogens is 1. The number of fused-ring (bicyclic) bond motifs is 1. The van der Waals surface area contributed by atoms with Crippen molar-refractivity contribution in [3.05, 3.63) is 65.5 Å². The average Bonchev–Trinajstić information content (AvgIpc) is 3.12. The molecule has 0 N–H and O–H groups in total. The molecule has 1 saturated heterocycles. The fourth-order valence-corrected chi connectivity index (χ4v) is 4.36. The molecule has 1 unspecified atom stereocenters. The Labute approximate surface area is 155 Å². The number of hydrogen-bond donors (Lipinski definition) is 0. The number of rotatable bonds is 4. The van der Waals surface area contributed by atoms with Crippen molar-refractivity contribution >= 4 is 5.91 Å². The highest BCUT2D eigenvalue weighted by Gasteiger charge is 2.42. The molecule has 1 aliphatic carbocycles. The van der Waals surface area contributed by atoms with Crippen molar-refractivity contribution in [2.45, 2.75) is 38.9 Å². The quantitative estimate of drug-likeness (QED) is 0.841. The van der Waals surface area contributed by atoms with Crippen LogP contribution in [0.4, 0.5) is 0 Å². The largest absolute Gasteiger partial charge is 0.373 e. The van der Waals surface area contributed by atoms with Gasteiger partial charge in [-0.15, -0.1) is 0 Å². The first-order valence-electron chi connectivity index (χ1n) is 9.57. The Morgan fingerprint density at radius 3 is 2.81 bits per heavy atom. The lowest BCUT2D eigenvalue weighted by atomic mass is 9.79. The lowest BCUT2D eigenvalue weighted by molar-refractivity contribution is -0.0293. The molecule has 4 rings (SSSR count).